The van der Waals surface area contributed by atoms with Gasteiger partial charge in [0.2, 0.25) is 1.61 Å². The van der Waals surface area contributed by atoms with Crippen molar-refractivity contribution in [2.45, 2.75) is 85.6 Å². The van der Waals surface area contributed by atoms with Crippen LogP contribution in [0.5, 0.6) is 0 Å². The summed E-state index contributed by atoms with van der Waals surface area (Å²) in [4.78, 5) is 22.1. The number of carbonyl (C=O) groups excluding carboxylic acids is 1. The molecule has 0 saturated carbocycles. The van der Waals surface area contributed by atoms with Gasteiger partial charge < -0.3 is 9.84 Å². The molecule has 0 fully saturated rings. The van der Waals surface area contributed by atoms with Crippen molar-refractivity contribution in [2.75, 3.05) is 0 Å². The SMILES string of the molecule is CCCCCCCCCC(I)(I)OC(=O)CCCCC(=O)O. The van der Waals surface area contributed by atoms with E-state index < -0.39 is 7.58 Å². The molecule has 6 heteroatoms. The van der Waals surface area contributed by atoms with Crippen molar-refractivity contribution in [3.05, 3.63) is 0 Å². The van der Waals surface area contributed by atoms with E-state index in [9.17, 15) is 9.59 Å². The smallest absolute Gasteiger partial charge is 0.307 e. The van der Waals surface area contributed by atoms with Gasteiger partial charge >= 0.3 is 11.9 Å². The maximum Gasteiger partial charge on any atom is 0.307 e. The Labute approximate surface area is 161 Å². The Morgan fingerprint density at radius 2 is 1.45 bits per heavy atom. The van der Waals surface area contributed by atoms with E-state index in [2.05, 4.69) is 52.1 Å². The fraction of sp³-hybridized carbons (Fsp3) is 0.875. The highest BCUT2D eigenvalue weighted by Gasteiger charge is 2.26. The second kappa shape index (κ2) is 13.8. The molecule has 0 aromatic heterocycles. The highest BCUT2D eigenvalue weighted by atomic mass is 127. The Hall–Kier alpha value is 0.400. The first-order valence-corrected chi connectivity index (χ1v) is 10.3. The predicted molar refractivity (Wildman–Crippen MR) is 106 cm³/mol. The molecule has 4 nitrogen and oxygen atoms in total. The molecule has 0 rings (SSSR count). The number of halogens is 2. The molecule has 0 heterocycles. The summed E-state index contributed by atoms with van der Waals surface area (Å²) in [5.74, 6) is -1.04. The molecule has 0 bridgehead atoms. The first kappa shape index (κ1) is 22.4. The van der Waals surface area contributed by atoms with Gasteiger partial charge in [0.15, 0.2) is 0 Å². The second-order valence-electron chi connectivity index (χ2n) is 5.58. The van der Waals surface area contributed by atoms with Crippen molar-refractivity contribution < 1.29 is 19.4 Å². The van der Waals surface area contributed by atoms with Crippen LogP contribution in [-0.2, 0) is 14.3 Å². The summed E-state index contributed by atoms with van der Waals surface area (Å²) < 4.78 is 5.01. The number of unbranched alkanes of at least 4 members (excludes halogenated alkanes) is 7. The minimum absolute atomic E-state index is 0.116. The van der Waals surface area contributed by atoms with Crippen molar-refractivity contribution in [1.29, 1.82) is 0 Å². The first-order valence-electron chi connectivity index (χ1n) is 8.19. The number of rotatable bonds is 14. The summed E-state index contributed by atoms with van der Waals surface area (Å²) in [6.07, 6.45) is 11.1. The Bertz CT molecular complexity index is 319. The molecule has 0 spiro atoms. The predicted octanol–water partition coefficient (Wildman–Crippen LogP) is 5.84. The number of hydrogen-bond donors (Lipinski definition) is 1. The topological polar surface area (TPSA) is 63.6 Å². The van der Waals surface area contributed by atoms with E-state index in [0.29, 0.717) is 19.3 Å². The third-order valence-electron chi connectivity index (χ3n) is 3.36. The zero-order valence-electron chi connectivity index (χ0n) is 13.4. The van der Waals surface area contributed by atoms with Gasteiger partial charge in [-0.1, -0.05) is 45.4 Å². The Morgan fingerprint density at radius 1 is 0.909 bits per heavy atom. The fourth-order valence-electron chi connectivity index (χ4n) is 2.10. The molecular formula is C16H28I2O4. The Kier molecular flexibility index (Phi) is 14.1. The first-order chi connectivity index (χ1) is 10.4. The van der Waals surface area contributed by atoms with Crippen LogP contribution in [0.4, 0.5) is 0 Å². The van der Waals surface area contributed by atoms with Crippen molar-refractivity contribution in [1.82, 2.24) is 0 Å². The standard InChI is InChI=1S/C16H28I2O4/c1-2-3-4-5-6-7-10-13-16(17,18)22-15(21)12-9-8-11-14(19)20/h2-13H2,1H3,(H,19,20). The van der Waals surface area contributed by atoms with E-state index in [1.807, 2.05) is 0 Å². The second-order valence-corrected chi connectivity index (χ2v) is 11.1. The summed E-state index contributed by atoms with van der Waals surface area (Å²) in [6.45, 7) is 2.22. The number of ether oxygens (including phenoxy) is 1. The van der Waals surface area contributed by atoms with Crippen LogP contribution in [0.1, 0.15) is 84.0 Å². The van der Waals surface area contributed by atoms with Gasteiger partial charge in [0.05, 0.1) is 0 Å². The maximum absolute atomic E-state index is 11.7. The number of alkyl halides is 2. The number of carboxylic acids is 1. The average molecular weight is 538 g/mol. The Morgan fingerprint density at radius 3 is 2.05 bits per heavy atom. The summed E-state index contributed by atoms with van der Waals surface area (Å²) in [7, 11) is 0. The van der Waals surface area contributed by atoms with Crippen LogP contribution in [0.15, 0.2) is 0 Å². The van der Waals surface area contributed by atoms with Gasteiger partial charge in [-0.15, -0.1) is 0 Å². The summed E-state index contributed by atoms with van der Waals surface area (Å²) in [5, 5.41) is 8.54. The van der Waals surface area contributed by atoms with E-state index in [0.717, 1.165) is 12.8 Å². The zero-order chi connectivity index (χ0) is 16.8. The van der Waals surface area contributed by atoms with Gasteiger partial charge in [-0.3, -0.25) is 9.59 Å². The summed E-state index contributed by atoms with van der Waals surface area (Å²) in [5.41, 5.74) is 0. The summed E-state index contributed by atoms with van der Waals surface area (Å²) >= 11 is 4.37. The molecule has 0 aliphatic carbocycles. The van der Waals surface area contributed by atoms with Crippen LogP contribution in [0, 0.1) is 0 Å². The van der Waals surface area contributed by atoms with Crippen LogP contribution in [-0.4, -0.2) is 18.7 Å². The lowest BCUT2D eigenvalue weighted by molar-refractivity contribution is -0.146. The van der Waals surface area contributed by atoms with Gasteiger partial charge in [0.25, 0.3) is 0 Å². The van der Waals surface area contributed by atoms with E-state index in [-0.39, 0.29) is 12.4 Å². The third-order valence-corrected chi connectivity index (χ3v) is 4.88. The lowest BCUT2D eigenvalue weighted by atomic mass is 10.1. The monoisotopic (exact) mass is 538 g/mol. The van der Waals surface area contributed by atoms with E-state index in [1.165, 1.54) is 38.5 Å². The van der Waals surface area contributed by atoms with Crippen LogP contribution in [0.2, 0.25) is 0 Å². The van der Waals surface area contributed by atoms with Gasteiger partial charge in [-0.05, 0) is 64.4 Å². The van der Waals surface area contributed by atoms with Crippen LogP contribution in [0.3, 0.4) is 0 Å². The quantitative estimate of drug-likeness (QED) is 0.131. The van der Waals surface area contributed by atoms with Crippen molar-refractivity contribution in [2.24, 2.45) is 0 Å². The minimum atomic E-state index is -0.815. The molecule has 0 unspecified atom stereocenters. The lowest BCUT2D eigenvalue weighted by Gasteiger charge is -2.21. The molecule has 0 amide bonds. The number of esters is 1. The molecule has 0 aliphatic rings. The van der Waals surface area contributed by atoms with Gasteiger partial charge in [-0.25, -0.2) is 0 Å². The zero-order valence-corrected chi connectivity index (χ0v) is 17.7. The molecule has 130 valence electrons. The van der Waals surface area contributed by atoms with E-state index in [4.69, 9.17) is 9.84 Å². The van der Waals surface area contributed by atoms with Gasteiger partial charge in [-0.2, -0.15) is 0 Å². The molecule has 0 atom stereocenters. The normalized spacial score (nSPS) is 11.4. The van der Waals surface area contributed by atoms with Gasteiger partial charge in [0, 0.05) is 19.3 Å². The Balaban J connectivity index is 3.65. The fourth-order valence-corrected chi connectivity index (χ4v) is 3.36. The van der Waals surface area contributed by atoms with E-state index in [1.54, 1.807) is 0 Å². The van der Waals surface area contributed by atoms with Crippen LogP contribution >= 0.6 is 45.2 Å². The van der Waals surface area contributed by atoms with E-state index >= 15 is 0 Å². The minimum Gasteiger partial charge on any atom is -0.481 e. The molecule has 0 aromatic rings. The average Bonchev–Trinajstić information content (AvgIpc) is 2.42. The third kappa shape index (κ3) is 15.3. The molecule has 0 aromatic carbocycles. The van der Waals surface area contributed by atoms with Crippen LogP contribution in [0.25, 0.3) is 0 Å². The number of carboxylic acid groups (broad SMARTS) is 1. The number of hydrogen-bond acceptors (Lipinski definition) is 3. The summed E-state index contributed by atoms with van der Waals surface area (Å²) in [6, 6.07) is 0. The highest BCUT2D eigenvalue weighted by Crippen LogP contribution is 2.35. The maximum atomic E-state index is 11.7. The molecule has 1 N–H and O–H groups in total. The van der Waals surface area contributed by atoms with Crippen LogP contribution < -0.4 is 0 Å². The number of carbonyl (C=O) groups is 2. The lowest BCUT2D eigenvalue weighted by Crippen LogP contribution is -2.21. The molecule has 22 heavy (non-hydrogen) atoms. The van der Waals surface area contributed by atoms with Gasteiger partial charge in [0.1, 0.15) is 0 Å². The molecule has 0 radical (unpaired) electrons. The number of aliphatic carboxylic acids is 1. The van der Waals surface area contributed by atoms with Crippen molar-refractivity contribution in [3.8, 4) is 0 Å². The largest absolute Gasteiger partial charge is 0.481 e. The molecule has 0 aliphatic heterocycles. The van der Waals surface area contributed by atoms with Crippen molar-refractivity contribution >= 4 is 57.1 Å². The van der Waals surface area contributed by atoms with Crippen molar-refractivity contribution in [3.63, 3.8) is 0 Å². The highest BCUT2D eigenvalue weighted by molar-refractivity contribution is 14.2. The molecular weight excluding hydrogens is 510 g/mol. The molecule has 0 saturated heterocycles.